The van der Waals surface area contributed by atoms with Crippen molar-refractivity contribution < 1.29 is 0 Å². The van der Waals surface area contributed by atoms with E-state index in [4.69, 9.17) is 0 Å². The molecule has 1 aliphatic rings. The summed E-state index contributed by atoms with van der Waals surface area (Å²) in [5.74, 6) is 1.73. The minimum absolute atomic E-state index is 0.162. The standard InChI is InChI=1S/C22H32N6/c1-17(18-9-7-11-20(15-18)28-13-5-6-14-28)25-22(23-2)24-16-19-10-8-12-21(26-19)27(3)4/h7-12,15,17H,5-6,13-14,16H2,1-4H3,(H2,23,24,25). The highest BCUT2D eigenvalue weighted by Crippen LogP contribution is 2.23. The molecule has 1 aromatic heterocycles. The molecule has 2 aromatic rings. The fourth-order valence-corrected chi connectivity index (χ4v) is 3.44. The van der Waals surface area contributed by atoms with E-state index in [1.54, 1.807) is 7.05 Å². The van der Waals surface area contributed by atoms with Gasteiger partial charge in [-0.05, 0) is 49.6 Å². The summed E-state index contributed by atoms with van der Waals surface area (Å²) in [6.45, 7) is 5.11. The van der Waals surface area contributed by atoms with Gasteiger partial charge in [0.15, 0.2) is 5.96 Å². The first kappa shape index (κ1) is 20.0. The lowest BCUT2D eigenvalue weighted by Gasteiger charge is -2.22. The summed E-state index contributed by atoms with van der Waals surface area (Å²) in [4.78, 5) is 13.5. The molecular formula is C22H32N6. The number of pyridine rings is 1. The third-order valence-corrected chi connectivity index (χ3v) is 5.11. The lowest BCUT2D eigenvalue weighted by molar-refractivity contribution is 0.682. The molecule has 6 nitrogen and oxygen atoms in total. The van der Waals surface area contributed by atoms with E-state index in [1.807, 2.05) is 37.2 Å². The van der Waals surface area contributed by atoms with Crippen LogP contribution in [0.15, 0.2) is 47.5 Å². The van der Waals surface area contributed by atoms with E-state index in [9.17, 15) is 0 Å². The van der Waals surface area contributed by atoms with Crippen molar-refractivity contribution in [2.45, 2.75) is 32.4 Å². The van der Waals surface area contributed by atoms with E-state index in [-0.39, 0.29) is 6.04 Å². The second kappa shape index (κ2) is 9.44. The Kier molecular flexibility index (Phi) is 6.74. The molecule has 1 atom stereocenters. The second-order valence-electron chi connectivity index (χ2n) is 7.46. The Morgan fingerprint density at radius 1 is 1.18 bits per heavy atom. The van der Waals surface area contributed by atoms with Crippen LogP contribution in [0.2, 0.25) is 0 Å². The zero-order valence-electron chi connectivity index (χ0n) is 17.4. The molecule has 0 bridgehead atoms. The Bertz CT molecular complexity index is 795. The molecular weight excluding hydrogens is 348 g/mol. The quantitative estimate of drug-likeness (QED) is 0.595. The Labute approximate surface area is 168 Å². The molecule has 2 N–H and O–H groups in total. The monoisotopic (exact) mass is 380 g/mol. The van der Waals surface area contributed by atoms with Crippen LogP contribution < -0.4 is 20.4 Å². The first-order valence-electron chi connectivity index (χ1n) is 10.0. The van der Waals surface area contributed by atoms with Gasteiger partial charge >= 0.3 is 0 Å². The maximum absolute atomic E-state index is 4.65. The second-order valence-corrected chi connectivity index (χ2v) is 7.46. The van der Waals surface area contributed by atoms with Crippen LogP contribution >= 0.6 is 0 Å². The lowest BCUT2D eigenvalue weighted by atomic mass is 10.1. The van der Waals surface area contributed by atoms with Crippen molar-refractivity contribution in [2.24, 2.45) is 4.99 Å². The van der Waals surface area contributed by atoms with Gasteiger partial charge in [0.25, 0.3) is 0 Å². The van der Waals surface area contributed by atoms with Crippen molar-refractivity contribution in [1.82, 2.24) is 15.6 Å². The highest BCUT2D eigenvalue weighted by molar-refractivity contribution is 5.80. The minimum atomic E-state index is 0.162. The van der Waals surface area contributed by atoms with Crippen LogP contribution in [0.3, 0.4) is 0 Å². The first-order valence-corrected chi connectivity index (χ1v) is 10.0. The highest BCUT2D eigenvalue weighted by Gasteiger charge is 2.14. The number of aromatic nitrogens is 1. The van der Waals surface area contributed by atoms with Gasteiger partial charge in [-0.1, -0.05) is 18.2 Å². The number of nitrogens with one attached hydrogen (secondary N) is 2. The third-order valence-electron chi connectivity index (χ3n) is 5.11. The summed E-state index contributed by atoms with van der Waals surface area (Å²) in [5.41, 5.74) is 3.56. The average Bonchev–Trinajstić information content (AvgIpc) is 3.26. The molecule has 2 heterocycles. The first-order chi connectivity index (χ1) is 13.6. The summed E-state index contributed by atoms with van der Waals surface area (Å²) in [6, 6.07) is 15.0. The van der Waals surface area contributed by atoms with Gasteiger partial charge in [0.1, 0.15) is 5.82 Å². The predicted octanol–water partition coefficient (Wildman–Crippen LogP) is 3.17. The highest BCUT2D eigenvalue weighted by atomic mass is 15.2. The van der Waals surface area contributed by atoms with Crippen molar-refractivity contribution >= 4 is 17.5 Å². The molecule has 0 saturated carbocycles. The van der Waals surface area contributed by atoms with Crippen LogP contribution in [-0.4, -0.2) is 45.2 Å². The third kappa shape index (κ3) is 5.15. The number of aliphatic imine (C=N–C) groups is 1. The minimum Gasteiger partial charge on any atom is -0.372 e. The molecule has 1 saturated heterocycles. The number of nitrogens with zero attached hydrogens (tertiary/aromatic N) is 4. The summed E-state index contributed by atoms with van der Waals surface area (Å²) in [5, 5.41) is 6.86. The van der Waals surface area contributed by atoms with Gasteiger partial charge in [-0.3, -0.25) is 4.99 Å². The number of hydrogen-bond acceptors (Lipinski definition) is 4. The van der Waals surface area contributed by atoms with Gasteiger partial charge in [0, 0.05) is 39.9 Å². The number of rotatable bonds is 6. The van der Waals surface area contributed by atoms with Crippen molar-refractivity contribution in [3.8, 4) is 0 Å². The Hall–Kier alpha value is -2.76. The van der Waals surface area contributed by atoms with Crippen LogP contribution in [-0.2, 0) is 6.54 Å². The summed E-state index contributed by atoms with van der Waals surface area (Å²) in [7, 11) is 5.79. The summed E-state index contributed by atoms with van der Waals surface area (Å²) in [6.07, 6.45) is 2.58. The largest absolute Gasteiger partial charge is 0.372 e. The molecule has 6 heteroatoms. The van der Waals surface area contributed by atoms with Gasteiger partial charge in [-0.2, -0.15) is 0 Å². The van der Waals surface area contributed by atoms with E-state index in [2.05, 4.69) is 56.7 Å². The van der Waals surface area contributed by atoms with Gasteiger partial charge < -0.3 is 20.4 Å². The van der Waals surface area contributed by atoms with Gasteiger partial charge in [-0.15, -0.1) is 0 Å². The molecule has 3 rings (SSSR count). The predicted molar refractivity (Wildman–Crippen MR) is 118 cm³/mol. The lowest BCUT2D eigenvalue weighted by Crippen LogP contribution is -2.38. The number of anilines is 2. The summed E-state index contributed by atoms with van der Waals surface area (Å²) >= 11 is 0. The zero-order valence-corrected chi connectivity index (χ0v) is 17.4. The van der Waals surface area contributed by atoms with E-state index >= 15 is 0 Å². The van der Waals surface area contributed by atoms with E-state index in [1.165, 1.54) is 24.1 Å². The van der Waals surface area contributed by atoms with Crippen molar-refractivity contribution in [2.75, 3.05) is 44.0 Å². The maximum atomic E-state index is 4.65. The molecule has 0 spiro atoms. The maximum Gasteiger partial charge on any atom is 0.191 e. The van der Waals surface area contributed by atoms with Gasteiger partial charge in [0.05, 0.1) is 18.3 Å². The van der Waals surface area contributed by atoms with Crippen LogP contribution in [0.1, 0.15) is 37.1 Å². The van der Waals surface area contributed by atoms with Crippen LogP contribution in [0, 0.1) is 0 Å². The Morgan fingerprint density at radius 3 is 2.64 bits per heavy atom. The van der Waals surface area contributed by atoms with Crippen molar-refractivity contribution in [3.63, 3.8) is 0 Å². The van der Waals surface area contributed by atoms with Crippen molar-refractivity contribution in [3.05, 3.63) is 53.7 Å². The fraction of sp³-hybridized carbons (Fsp3) is 0.455. The molecule has 1 aliphatic heterocycles. The average molecular weight is 381 g/mol. The van der Waals surface area contributed by atoms with Crippen molar-refractivity contribution in [1.29, 1.82) is 0 Å². The van der Waals surface area contributed by atoms with E-state index in [0.717, 1.165) is 30.6 Å². The molecule has 150 valence electrons. The zero-order chi connectivity index (χ0) is 19.9. The van der Waals surface area contributed by atoms with E-state index < -0.39 is 0 Å². The van der Waals surface area contributed by atoms with Crippen LogP contribution in [0.5, 0.6) is 0 Å². The Morgan fingerprint density at radius 2 is 1.93 bits per heavy atom. The molecule has 0 radical (unpaired) electrons. The SMILES string of the molecule is CN=C(NCc1cccc(N(C)C)n1)NC(C)c1cccc(N2CCCC2)c1. The topological polar surface area (TPSA) is 55.8 Å². The van der Waals surface area contributed by atoms with E-state index in [0.29, 0.717) is 6.54 Å². The molecule has 1 unspecified atom stereocenters. The molecule has 0 amide bonds. The number of hydrogen-bond donors (Lipinski definition) is 2. The smallest absolute Gasteiger partial charge is 0.191 e. The van der Waals surface area contributed by atoms with Gasteiger partial charge in [0.2, 0.25) is 0 Å². The normalized spacial score (nSPS) is 15.4. The van der Waals surface area contributed by atoms with Gasteiger partial charge in [-0.25, -0.2) is 4.98 Å². The molecule has 1 aromatic carbocycles. The molecule has 28 heavy (non-hydrogen) atoms. The van der Waals surface area contributed by atoms with Crippen LogP contribution in [0.4, 0.5) is 11.5 Å². The fourth-order valence-electron chi connectivity index (χ4n) is 3.44. The molecule has 1 fully saturated rings. The van der Waals surface area contributed by atoms with Crippen LogP contribution in [0.25, 0.3) is 0 Å². The molecule has 0 aliphatic carbocycles. The summed E-state index contributed by atoms with van der Waals surface area (Å²) < 4.78 is 0. The number of guanidine groups is 1. The number of benzene rings is 1. The Balaban J connectivity index is 1.60.